The summed E-state index contributed by atoms with van der Waals surface area (Å²) in [5.74, 6) is 1.01. The Morgan fingerprint density at radius 2 is 1.87 bits per heavy atom. The molecule has 1 heterocycles. The van der Waals surface area contributed by atoms with Crippen molar-refractivity contribution in [2.45, 2.75) is 10.6 Å². The number of halogens is 1. The van der Waals surface area contributed by atoms with Gasteiger partial charge in [0, 0.05) is 21.2 Å². The van der Waals surface area contributed by atoms with E-state index in [1.807, 2.05) is 23.9 Å². The van der Waals surface area contributed by atoms with E-state index in [0.29, 0.717) is 0 Å². The van der Waals surface area contributed by atoms with Gasteiger partial charge in [-0.2, -0.15) is 0 Å². The zero-order valence-electron chi connectivity index (χ0n) is 7.94. The Kier molecular flexibility index (Phi) is 3.72. The summed E-state index contributed by atoms with van der Waals surface area (Å²) in [5.41, 5.74) is 6.44. The minimum absolute atomic E-state index is 0.818. The van der Waals surface area contributed by atoms with Crippen molar-refractivity contribution in [1.82, 2.24) is 0 Å². The molecule has 78 valence electrons. The fourth-order valence-electron chi connectivity index (χ4n) is 1.15. The summed E-state index contributed by atoms with van der Waals surface area (Å²) in [5, 5.41) is 0. The van der Waals surface area contributed by atoms with Gasteiger partial charge in [0.2, 0.25) is 0 Å². The van der Waals surface area contributed by atoms with Crippen LogP contribution in [0.4, 0.5) is 5.69 Å². The van der Waals surface area contributed by atoms with E-state index in [1.54, 1.807) is 11.3 Å². The van der Waals surface area contributed by atoms with E-state index >= 15 is 0 Å². The van der Waals surface area contributed by atoms with Crippen LogP contribution in [0.2, 0.25) is 0 Å². The first-order valence-corrected chi connectivity index (χ1v) is 7.06. The number of anilines is 1. The lowest BCUT2D eigenvalue weighted by Crippen LogP contribution is -1.82. The van der Waals surface area contributed by atoms with Gasteiger partial charge >= 0.3 is 0 Å². The van der Waals surface area contributed by atoms with Crippen molar-refractivity contribution in [2.75, 3.05) is 5.73 Å². The van der Waals surface area contributed by atoms with Gasteiger partial charge in [-0.05, 0) is 52.3 Å². The third-order valence-electron chi connectivity index (χ3n) is 1.89. The summed E-state index contributed by atoms with van der Waals surface area (Å²) < 4.78 is 1.19. The summed E-state index contributed by atoms with van der Waals surface area (Å²) in [6.45, 7) is 0. The molecule has 0 aliphatic heterocycles. The maximum atomic E-state index is 5.62. The Hall–Kier alpha value is -0.450. The molecule has 2 aromatic rings. The number of nitrogen functional groups attached to an aromatic ring is 1. The van der Waals surface area contributed by atoms with Crippen molar-refractivity contribution in [2.24, 2.45) is 0 Å². The second-order valence-electron chi connectivity index (χ2n) is 3.06. The summed E-state index contributed by atoms with van der Waals surface area (Å²) in [4.78, 5) is 2.64. The Morgan fingerprint density at radius 3 is 2.47 bits per heavy atom. The quantitative estimate of drug-likeness (QED) is 0.672. The van der Waals surface area contributed by atoms with E-state index in [0.717, 1.165) is 11.4 Å². The van der Waals surface area contributed by atoms with Crippen molar-refractivity contribution in [3.63, 3.8) is 0 Å². The average Bonchev–Trinajstić information content (AvgIpc) is 2.64. The molecule has 1 aromatic carbocycles. The highest BCUT2D eigenvalue weighted by atomic mass is 79.9. The molecule has 0 unspecified atom stereocenters. The van der Waals surface area contributed by atoms with E-state index in [2.05, 4.69) is 40.2 Å². The zero-order valence-corrected chi connectivity index (χ0v) is 11.2. The number of hydrogen-bond donors (Lipinski definition) is 1. The largest absolute Gasteiger partial charge is 0.399 e. The van der Waals surface area contributed by atoms with E-state index in [4.69, 9.17) is 5.73 Å². The molecule has 0 atom stereocenters. The minimum atomic E-state index is 0.818. The molecule has 0 saturated heterocycles. The van der Waals surface area contributed by atoms with E-state index < -0.39 is 0 Å². The molecule has 0 saturated carbocycles. The number of thioether (sulfide) groups is 1. The maximum absolute atomic E-state index is 5.62. The number of nitrogens with two attached hydrogens (primary N) is 1. The summed E-state index contributed by atoms with van der Waals surface area (Å²) >= 11 is 7.07. The van der Waals surface area contributed by atoms with Crippen LogP contribution < -0.4 is 5.73 Å². The Bertz CT molecular complexity index is 436. The van der Waals surface area contributed by atoms with Crippen LogP contribution in [0.3, 0.4) is 0 Å². The van der Waals surface area contributed by atoms with Gasteiger partial charge in [-0.3, -0.25) is 0 Å². The highest BCUT2D eigenvalue weighted by Gasteiger charge is 1.99. The first kappa shape index (κ1) is 11.0. The zero-order chi connectivity index (χ0) is 10.7. The van der Waals surface area contributed by atoms with E-state index in [9.17, 15) is 0 Å². The highest BCUT2D eigenvalue weighted by Crippen LogP contribution is 2.29. The summed E-state index contributed by atoms with van der Waals surface area (Å²) in [6, 6.07) is 12.2. The lowest BCUT2D eigenvalue weighted by molar-refractivity contribution is 1.43. The average molecular weight is 300 g/mol. The van der Waals surface area contributed by atoms with Crippen molar-refractivity contribution in [3.8, 4) is 0 Å². The molecule has 1 nitrogen and oxygen atoms in total. The van der Waals surface area contributed by atoms with Crippen LogP contribution in [0, 0.1) is 0 Å². The normalized spacial score (nSPS) is 10.5. The van der Waals surface area contributed by atoms with E-state index in [1.165, 1.54) is 13.6 Å². The number of rotatable bonds is 3. The van der Waals surface area contributed by atoms with Crippen molar-refractivity contribution in [3.05, 3.63) is 45.1 Å². The van der Waals surface area contributed by atoms with Gasteiger partial charge in [0.1, 0.15) is 0 Å². The van der Waals surface area contributed by atoms with Crippen molar-refractivity contribution in [1.29, 1.82) is 0 Å². The molecule has 0 bridgehead atoms. The number of hydrogen-bond acceptors (Lipinski definition) is 3. The van der Waals surface area contributed by atoms with Crippen LogP contribution in [0.5, 0.6) is 0 Å². The van der Waals surface area contributed by atoms with Gasteiger partial charge in [0.05, 0.1) is 3.79 Å². The van der Waals surface area contributed by atoms with Gasteiger partial charge in [-0.25, -0.2) is 0 Å². The van der Waals surface area contributed by atoms with Gasteiger partial charge in [-0.1, -0.05) is 0 Å². The molecule has 0 aliphatic rings. The van der Waals surface area contributed by atoms with E-state index in [-0.39, 0.29) is 0 Å². The van der Waals surface area contributed by atoms with Crippen LogP contribution in [0.1, 0.15) is 4.88 Å². The Balaban J connectivity index is 1.96. The summed E-state index contributed by atoms with van der Waals surface area (Å²) in [7, 11) is 0. The predicted molar refractivity (Wildman–Crippen MR) is 72.4 cm³/mol. The second kappa shape index (κ2) is 5.05. The van der Waals surface area contributed by atoms with Crippen LogP contribution in [-0.2, 0) is 5.75 Å². The second-order valence-corrected chi connectivity index (χ2v) is 6.66. The van der Waals surface area contributed by atoms with Crippen LogP contribution in [0.15, 0.2) is 45.1 Å². The first-order chi connectivity index (χ1) is 7.24. The predicted octanol–water partition coefficient (Wildman–Crippen LogP) is 4.39. The summed E-state index contributed by atoms with van der Waals surface area (Å²) in [6.07, 6.45) is 0. The third kappa shape index (κ3) is 3.26. The molecule has 2 rings (SSSR count). The van der Waals surface area contributed by atoms with Gasteiger partial charge in [0.15, 0.2) is 0 Å². The van der Waals surface area contributed by atoms with Crippen LogP contribution in [-0.4, -0.2) is 0 Å². The van der Waals surface area contributed by atoms with Crippen LogP contribution >= 0.6 is 39.0 Å². The number of thiophene rings is 1. The molecule has 1 aromatic heterocycles. The lowest BCUT2D eigenvalue weighted by atomic mass is 10.3. The molecular formula is C11H10BrNS2. The smallest absolute Gasteiger partial charge is 0.0701 e. The Morgan fingerprint density at radius 1 is 1.13 bits per heavy atom. The first-order valence-electron chi connectivity index (χ1n) is 4.46. The highest BCUT2D eigenvalue weighted by molar-refractivity contribution is 9.11. The van der Waals surface area contributed by atoms with Gasteiger partial charge < -0.3 is 5.73 Å². The fourth-order valence-corrected chi connectivity index (χ4v) is 3.57. The monoisotopic (exact) mass is 299 g/mol. The van der Waals surface area contributed by atoms with Crippen molar-refractivity contribution < 1.29 is 0 Å². The molecule has 0 aliphatic carbocycles. The molecule has 0 spiro atoms. The molecule has 0 fully saturated rings. The third-order valence-corrected chi connectivity index (χ3v) is 4.76. The molecule has 0 amide bonds. The van der Waals surface area contributed by atoms with Crippen molar-refractivity contribution >= 4 is 44.7 Å². The van der Waals surface area contributed by atoms with Crippen LogP contribution in [0.25, 0.3) is 0 Å². The SMILES string of the molecule is Nc1ccc(SCc2ccc(Br)s2)cc1. The van der Waals surface area contributed by atoms with Gasteiger partial charge in [0.25, 0.3) is 0 Å². The maximum Gasteiger partial charge on any atom is 0.0701 e. The standard InChI is InChI=1S/C11H10BrNS2/c12-11-6-5-10(15-11)7-14-9-3-1-8(13)2-4-9/h1-6H,7,13H2. The van der Waals surface area contributed by atoms with Gasteiger partial charge in [-0.15, -0.1) is 23.1 Å². The number of benzene rings is 1. The Labute approximate surface area is 106 Å². The molecule has 2 N–H and O–H groups in total. The molecule has 15 heavy (non-hydrogen) atoms. The lowest BCUT2D eigenvalue weighted by Gasteiger charge is -1.99. The topological polar surface area (TPSA) is 26.0 Å². The molecular weight excluding hydrogens is 290 g/mol. The minimum Gasteiger partial charge on any atom is -0.399 e. The fraction of sp³-hybridized carbons (Fsp3) is 0.0909. The molecule has 4 heteroatoms. The molecule has 0 radical (unpaired) electrons.